The third-order valence-electron chi connectivity index (χ3n) is 29.8. The molecule has 18 rings (SSSR count). The summed E-state index contributed by atoms with van der Waals surface area (Å²) in [5, 5.41) is 38.9. The first-order valence-corrected chi connectivity index (χ1v) is 53.3. The normalized spacial score (nSPS) is 25.2. The molecule has 1 aromatic carbocycles. The first-order valence-electron chi connectivity index (χ1n) is 52.3. The molecule has 137 heavy (non-hydrogen) atoms. The molecule has 0 spiro atoms. The Labute approximate surface area is 821 Å². The summed E-state index contributed by atoms with van der Waals surface area (Å²) in [6.07, 6.45) is 43.1. The highest BCUT2D eigenvalue weighted by Gasteiger charge is 2.44. The lowest BCUT2D eigenvalue weighted by atomic mass is 9.64. The maximum atomic E-state index is 12.7. The van der Waals surface area contributed by atoms with E-state index in [1.54, 1.807) is 24.3 Å². The van der Waals surface area contributed by atoms with Crippen molar-refractivity contribution in [2.75, 3.05) is 11.9 Å². The number of aromatic nitrogens is 6. The largest absolute Gasteiger partial charge is 0.361 e. The molecule has 0 saturated heterocycles. The number of hydrogen-bond donors (Lipinski definition) is 9. The fraction of sp³-hybridized carbons (Fsp3) is 0.689. The lowest BCUT2D eigenvalue weighted by Gasteiger charge is -2.44. The molecule has 30 nitrogen and oxygen atoms in total. The molecular formula is C106H154IN15O15. The van der Waals surface area contributed by atoms with Gasteiger partial charge in [-0.1, -0.05) is 90.9 Å². The van der Waals surface area contributed by atoms with Crippen LogP contribution in [0.1, 0.15) is 438 Å². The second kappa shape index (κ2) is 52.0. The number of anilines is 1. The number of unbranched alkanes of at least 4 members (excludes halogenated alkanes) is 3. The van der Waals surface area contributed by atoms with Crippen LogP contribution in [0.5, 0.6) is 0 Å². The van der Waals surface area contributed by atoms with E-state index in [4.69, 9.17) is 50.1 Å². The van der Waals surface area contributed by atoms with E-state index >= 15 is 0 Å². The van der Waals surface area contributed by atoms with E-state index in [0.29, 0.717) is 162 Å². The Bertz CT molecular complexity index is 4900. The minimum absolute atomic E-state index is 0.0725. The van der Waals surface area contributed by atoms with Gasteiger partial charge in [-0.3, -0.25) is 43.2 Å². The Morgan fingerprint density at radius 2 is 0.832 bits per heavy atom. The zero-order chi connectivity index (χ0) is 97.2. The molecule has 0 radical (unpaired) electrons. The van der Waals surface area contributed by atoms with Gasteiger partial charge in [-0.25, -0.2) is 0 Å². The van der Waals surface area contributed by atoms with Crippen LogP contribution in [0.2, 0.25) is 0 Å². The summed E-state index contributed by atoms with van der Waals surface area (Å²) in [5.74, 6) is 12.0. The second-order valence-corrected chi connectivity index (χ2v) is 43.5. The highest BCUT2D eigenvalue weighted by Crippen LogP contribution is 2.49. The van der Waals surface area contributed by atoms with Gasteiger partial charge in [0.25, 0.3) is 11.8 Å². The number of nitrogens with two attached hydrogens (primary N) is 4. The minimum Gasteiger partial charge on any atom is -0.361 e. The number of hydrogen-bond acceptors (Lipinski definition) is 25. The van der Waals surface area contributed by atoms with Crippen LogP contribution in [-0.2, 0) is 33.6 Å². The minimum atomic E-state index is -0.222. The maximum Gasteiger partial charge on any atom is 0.277 e. The van der Waals surface area contributed by atoms with Crippen molar-refractivity contribution in [3.05, 3.63) is 132 Å². The van der Waals surface area contributed by atoms with E-state index in [0.717, 1.165) is 275 Å². The van der Waals surface area contributed by atoms with Crippen LogP contribution in [0.25, 0.3) is 0 Å². The average molecular weight is 2010 g/mol. The number of benzene rings is 1. The van der Waals surface area contributed by atoms with Crippen LogP contribution in [0.3, 0.4) is 0 Å². The number of carbonyl (C=O) groups excluding carboxylic acids is 9. The molecule has 8 unspecified atom stereocenters. The van der Waals surface area contributed by atoms with Gasteiger partial charge in [0.2, 0.25) is 17.7 Å². The van der Waals surface area contributed by atoms with Crippen molar-refractivity contribution in [1.29, 1.82) is 0 Å². The van der Waals surface area contributed by atoms with E-state index in [1.165, 1.54) is 24.8 Å². The fourth-order valence-electron chi connectivity index (χ4n) is 21.1. The zero-order valence-corrected chi connectivity index (χ0v) is 84.3. The van der Waals surface area contributed by atoms with Crippen molar-refractivity contribution < 1.29 is 70.3 Å². The van der Waals surface area contributed by atoms with Crippen LogP contribution in [0.15, 0.2) is 81.7 Å². The Morgan fingerprint density at radius 3 is 1.26 bits per heavy atom. The molecule has 6 heterocycles. The van der Waals surface area contributed by atoms with Crippen molar-refractivity contribution in [2.45, 2.75) is 397 Å². The summed E-state index contributed by atoms with van der Waals surface area (Å²) < 4.78 is 32.6. The smallest absolute Gasteiger partial charge is 0.277 e. The molecule has 11 aliphatic rings. The zero-order valence-electron chi connectivity index (χ0n) is 82.1. The van der Waals surface area contributed by atoms with Crippen LogP contribution in [-0.4, -0.2) is 132 Å². The summed E-state index contributed by atoms with van der Waals surface area (Å²) in [7, 11) is 0. The average Bonchev–Trinajstić information content (AvgIpc) is 1.63. The second-order valence-electron chi connectivity index (χ2n) is 42.4. The number of halogens is 1. The number of nitrogens with zero attached hydrogens (tertiary/aromatic N) is 6. The van der Waals surface area contributed by atoms with E-state index in [1.807, 2.05) is 44.2 Å². The molecule has 31 heteroatoms. The van der Waals surface area contributed by atoms with Crippen LogP contribution in [0, 0.1) is 62.7 Å². The molecular weight excluding hydrogens is 1850 g/mol. The molecule has 0 aliphatic heterocycles. The Kier molecular flexibility index (Phi) is 40.0. The quantitative estimate of drug-likeness (QED) is 0.00992. The van der Waals surface area contributed by atoms with Crippen molar-refractivity contribution in [3.8, 4) is 0 Å². The predicted molar refractivity (Wildman–Crippen MR) is 529 cm³/mol. The Balaban J connectivity index is 0.000000140. The monoisotopic (exact) mass is 2000 g/mol. The van der Waals surface area contributed by atoms with Gasteiger partial charge >= 0.3 is 0 Å². The van der Waals surface area contributed by atoms with Gasteiger partial charge in [0.15, 0.2) is 34.5 Å². The van der Waals surface area contributed by atoms with E-state index < -0.39 is 0 Å². The summed E-state index contributed by atoms with van der Waals surface area (Å²) >= 11 is 2.28. The number of aryl methyl sites for hydroxylation is 2. The Hall–Kier alpha value is -8.92. The third-order valence-corrected chi connectivity index (χ3v) is 30.9. The fourth-order valence-corrected chi connectivity index (χ4v) is 22.0. The molecule has 750 valence electrons. The highest BCUT2D eigenvalue weighted by atomic mass is 127. The van der Waals surface area contributed by atoms with E-state index in [-0.39, 0.29) is 88.8 Å². The molecule has 6 aromatic heterocycles. The van der Waals surface area contributed by atoms with Crippen molar-refractivity contribution in [1.82, 2.24) is 52.2 Å². The van der Waals surface area contributed by atoms with E-state index in [9.17, 15) is 43.2 Å². The first kappa shape index (κ1) is 105. The predicted octanol–water partition coefficient (Wildman–Crippen LogP) is 19.5. The standard InChI is InChI=1S/2C21H31N3O3.C20H31N3O3.C15H15IN2O2.C15H24N2O2.C14H22N2O2/c2*1-12(22)8-21(26)23-17-7-6-14-9-16(17)5-4-15(14)10-19(25)18-11-20(27-24-18)13-2-3-13;1-2-3-4-5-12-21-19(24)15-8-10-16(11-9-15)22-20(25)17-13-18(26-23-17)14-6-7-14;1-2-9-5-6-11(7-12(9)16)17-15(19)13-8-14(20-18-13)10-3-4-10;1-10(2)7-13-9-14(17-19-13)15(18)8-11-3-5-12(16)6-4-11;1-2-3-12-9-13(16-18-12)14(17)8-10-4-6-11(15)7-5-10/h2*11-17H,2-10,22H2,1H3,(H,23,26);13-16H,2-12H2,1H3,(H,21,24)(H,22,25);5-8,10H,2-4H2,1H3,(H,17,19);9-12H,3-8,16H2,1-2H3;9-11H,2-8,15H2,1H3/t2*12-,14?,15?,16?,17?;;;;/m10..../s1. The lowest BCUT2D eigenvalue weighted by Crippen LogP contribution is -2.47. The van der Waals surface area contributed by atoms with Crippen molar-refractivity contribution >= 4 is 80.9 Å². The van der Waals surface area contributed by atoms with Crippen LogP contribution < -0.4 is 49.5 Å². The van der Waals surface area contributed by atoms with Gasteiger partial charge in [-0.05, 0) is 319 Å². The van der Waals surface area contributed by atoms with E-state index in [2.05, 4.69) is 115 Å². The van der Waals surface area contributed by atoms with Crippen LogP contribution >= 0.6 is 22.6 Å². The molecule has 11 saturated carbocycles. The number of ketones is 4. The van der Waals surface area contributed by atoms with Crippen LogP contribution in [0.4, 0.5) is 5.69 Å². The number of fused-ring (bicyclic) bond motifs is 4. The van der Waals surface area contributed by atoms with Crippen molar-refractivity contribution in [2.24, 2.45) is 82.1 Å². The number of nitrogens with one attached hydrogen (secondary N) is 5. The molecule has 10 atom stereocenters. The highest BCUT2D eigenvalue weighted by molar-refractivity contribution is 14.1. The number of rotatable bonds is 37. The number of carbonyl (C=O) groups is 9. The van der Waals surface area contributed by atoms with Gasteiger partial charge in [0.05, 0.1) is 0 Å². The maximum absolute atomic E-state index is 12.7. The molecule has 4 bridgehead atoms. The third kappa shape index (κ3) is 33.4. The molecule has 11 aliphatic carbocycles. The SMILES string of the molecule is CC(C)Cc1cc(C(=O)CC2CCC(N)CC2)no1.CCCCCCNC(=O)C1CCC(NC(=O)c2cc(C3CC3)on2)CC1.CCCc1cc(C(=O)CC2CCC(N)CC2)no1.CCc1ccc(NC(=O)c2cc(C3CC3)on2)cc1I.C[C@@H](N)CC(=O)NC1CCC2CC1CCC2CC(=O)c1cc(C2CC2)on1.C[C@H](N)CC(=O)NC1CCC2CC1CCC2CC(=O)c1cc(C2CC2)on1. The topological polar surface area (TPSA) is 474 Å². The van der Waals surface area contributed by atoms with Gasteiger partial charge in [0.1, 0.15) is 57.3 Å². The summed E-state index contributed by atoms with van der Waals surface area (Å²) in [4.78, 5) is 110. The molecule has 7 aromatic rings. The summed E-state index contributed by atoms with van der Waals surface area (Å²) in [6.45, 7) is 15.1. The number of amides is 5. The van der Waals surface area contributed by atoms with Gasteiger partial charge in [-0.15, -0.1) is 0 Å². The van der Waals surface area contributed by atoms with Gasteiger partial charge in [0, 0.05) is 175 Å². The Morgan fingerprint density at radius 1 is 0.416 bits per heavy atom. The van der Waals surface area contributed by atoms with Crippen molar-refractivity contribution in [3.63, 3.8) is 0 Å². The summed E-state index contributed by atoms with van der Waals surface area (Å²) in [5.41, 5.74) is 28.0. The molecule has 13 N–H and O–H groups in total. The first-order chi connectivity index (χ1) is 66.0. The summed E-state index contributed by atoms with van der Waals surface area (Å²) in [6, 6.07) is 17.9. The molecule has 11 fully saturated rings. The molecule has 5 amide bonds. The number of Topliss-reactive ketones (excluding diaryl/α,β-unsaturated/α-hetero) is 4. The van der Waals surface area contributed by atoms with Gasteiger partial charge < -0.3 is 76.7 Å². The lowest BCUT2D eigenvalue weighted by molar-refractivity contribution is -0.126. The van der Waals surface area contributed by atoms with Gasteiger partial charge in [-0.2, -0.15) is 0 Å².